The van der Waals surface area contributed by atoms with Crippen molar-refractivity contribution in [2.45, 2.75) is 27.3 Å². The van der Waals surface area contributed by atoms with Gasteiger partial charge in [-0.25, -0.2) is 0 Å². The first-order valence-corrected chi connectivity index (χ1v) is 9.96. The molecule has 7 nitrogen and oxygen atoms in total. The minimum Gasteiger partial charge on any atom is -0.497 e. The van der Waals surface area contributed by atoms with Gasteiger partial charge in [0.15, 0.2) is 11.5 Å². The lowest BCUT2D eigenvalue weighted by atomic mass is 10.1. The van der Waals surface area contributed by atoms with Crippen molar-refractivity contribution in [1.82, 2.24) is 14.9 Å². The molecule has 158 valence electrons. The average Bonchev–Trinajstić information content (AvgIpc) is 3.37. The number of carbonyl (C=O) groups excluding carboxylic acids is 1. The molecule has 0 aliphatic carbocycles. The van der Waals surface area contributed by atoms with Crippen molar-refractivity contribution in [1.29, 1.82) is 0 Å². The van der Waals surface area contributed by atoms with Crippen LogP contribution in [-0.2, 0) is 6.54 Å². The number of nitrogens with one attached hydrogen (secondary N) is 1. The standard InChI is InChI=1S/C24H24N4O3/c1-15-8-10-18(11-9-15)14-28-17(3)23(16(2)26-28)25-24(29)21-13-22(31-27-21)19-6-5-7-20(12-19)30-4/h5-13H,14H2,1-4H3,(H,25,29). The van der Waals surface area contributed by atoms with Gasteiger partial charge >= 0.3 is 0 Å². The molecule has 0 atom stereocenters. The molecule has 0 spiro atoms. The van der Waals surface area contributed by atoms with Gasteiger partial charge in [0.1, 0.15) is 5.75 Å². The van der Waals surface area contributed by atoms with Crippen LogP contribution in [0.5, 0.6) is 5.75 Å². The van der Waals surface area contributed by atoms with E-state index in [4.69, 9.17) is 9.26 Å². The van der Waals surface area contributed by atoms with Crippen molar-refractivity contribution >= 4 is 11.6 Å². The minimum atomic E-state index is -0.348. The molecule has 0 aliphatic heterocycles. The van der Waals surface area contributed by atoms with Gasteiger partial charge in [-0.2, -0.15) is 5.10 Å². The van der Waals surface area contributed by atoms with E-state index in [1.165, 1.54) is 5.56 Å². The molecule has 0 aliphatic rings. The number of nitrogens with zero attached hydrogens (tertiary/aromatic N) is 3. The highest BCUT2D eigenvalue weighted by Gasteiger charge is 2.19. The van der Waals surface area contributed by atoms with Crippen molar-refractivity contribution in [2.24, 2.45) is 0 Å². The number of aromatic nitrogens is 3. The number of hydrogen-bond acceptors (Lipinski definition) is 5. The molecular weight excluding hydrogens is 392 g/mol. The van der Waals surface area contributed by atoms with E-state index in [-0.39, 0.29) is 11.6 Å². The third-order valence-electron chi connectivity index (χ3n) is 5.17. The maximum atomic E-state index is 12.8. The topological polar surface area (TPSA) is 82.2 Å². The first kappa shape index (κ1) is 20.4. The monoisotopic (exact) mass is 416 g/mol. The summed E-state index contributed by atoms with van der Waals surface area (Å²) in [5.41, 5.74) is 5.65. The summed E-state index contributed by atoms with van der Waals surface area (Å²) in [6, 6.07) is 17.3. The molecule has 4 rings (SSSR count). The summed E-state index contributed by atoms with van der Waals surface area (Å²) in [6.45, 7) is 6.50. The normalized spacial score (nSPS) is 10.8. The summed E-state index contributed by atoms with van der Waals surface area (Å²) in [6.07, 6.45) is 0. The van der Waals surface area contributed by atoms with Crippen molar-refractivity contribution in [2.75, 3.05) is 12.4 Å². The minimum absolute atomic E-state index is 0.197. The average molecular weight is 416 g/mol. The van der Waals surface area contributed by atoms with Crippen LogP contribution in [0.2, 0.25) is 0 Å². The number of hydrogen-bond donors (Lipinski definition) is 1. The van der Waals surface area contributed by atoms with E-state index >= 15 is 0 Å². The van der Waals surface area contributed by atoms with Crippen molar-refractivity contribution < 1.29 is 14.1 Å². The smallest absolute Gasteiger partial charge is 0.277 e. The Morgan fingerprint density at radius 2 is 1.87 bits per heavy atom. The van der Waals surface area contributed by atoms with Crippen LogP contribution in [0.1, 0.15) is 33.0 Å². The Labute approximate surface area is 180 Å². The highest BCUT2D eigenvalue weighted by molar-refractivity contribution is 6.03. The van der Waals surface area contributed by atoms with Crippen LogP contribution in [0.25, 0.3) is 11.3 Å². The van der Waals surface area contributed by atoms with E-state index in [9.17, 15) is 4.79 Å². The summed E-state index contributed by atoms with van der Waals surface area (Å²) >= 11 is 0. The molecule has 2 aromatic heterocycles. The number of aryl methyl sites for hydroxylation is 2. The summed E-state index contributed by atoms with van der Waals surface area (Å²) in [5, 5.41) is 11.4. The van der Waals surface area contributed by atoms with Crippen LogP contribution in [0, 0.1) is 20.8 Å². The van der Waals surface area contributed by atoms with Gasteiger partial charge in [0.25, 0.3) is 5.91 Å². The number of rotatable bonds is 6. The maximum absolute atomic E-state index is 12.8. The van der Waals surface area contributed by atoms with Gasteiger partial charge in [-0.3, -0.25) is 9.48 Å². The van der Waals surface area contributed by atoms with Crippen LogP contribution in [0.15, 0.2) is 59.1 Å². The third-order valence-corrected chi connectivity index (χ3v) is 5.17. The SMILES string of the molecule is COc1cccc(-c2cc(C(=O)Nc3c(C)nn(Cc4ccc(C)cc4)c3C)no2)c1. The van der Waals surface area contributed by atoms with Crippen molar-refractivity contribution in [3.05, 3.63) is 82.8 Å². The van der Waals surface area contributed by atoms with Crippen molar-refractivity contribution in [3.63, 3.8) is 0 Å². The molecule has 1 N–H and O–H groups in total. The van der Waals surface area contributed by atoms with E-state index < -0.39 is 0 Å². The number of ether oxygens (including phenoxy) is 1. The zero-order valence-corrected chi connectivity index (χ0v) is 18.0. The van der Waals surface area contributed by atoms with Gasteiger partial charge in [0, 0.05) is 11.6 Å². The predicted molar refractivity (Wildman–Crippen MR) is 118 cm³/mol. The second kappa shape index (κ2) is 8.47. The van der Waals surface area contributed by atoms with Gasteiger partial charge in [-0.05, 0) is 38.5 Å². The third kappa shape index (κ3) is 4.35. The van der Waals surface area contributed by atoms with Gasteiger partial charge < -0.3 is 14.6 Å². The number of amides is 1. The van der Waals surface area contributed by atoms with E-state index in [2.05, 4.69) is 46.8 Å². The highest BCUT2D eigenvalue weighted by Crippen LogP contribution is 2.26. The molecule has 0 bridgehead atoms. The lowest BCUT2D eigenvalue weighted by Crippen LogP contribution is -2.13. The van der Waals surface area contributed by atoms with Crippen LogP contribution in [-0.4, -0.2) is 28.0 Å². The van der Waals surface area contributed by atoms with E-state index in [1.807, 2.05) is 42.8 Å². The second-order valence-corrected chi connectivity index (χ2v) is 7.45. The molecule has 7 heteroatoms. The maximum Gasteiger partial charge on any atom is 0.277 e. The molecular formula is C24H24N4O3. The molecule has 0 fully saturated rings. The fourth-order valence-electron chi connectivity index (χ4n) is 3.37. The zero-order valence-electron chi connectivity index (χ0n) is 18.0. The van der Waals surface area contributed by atoms with Crippen LogP contribution in [0.3, 0.4) is 0 Å². The summed E-state index contributed by atoms with van der Waals surface area (Å²) in [7, 11) is 1.60. The molecule has 0 unspecified atom stereocenters. The zero-order chi connectivity index (χ0) is 22.0. The molecule has 2 heterocycles. The van der Waals surface area contributed by atoms with E-state index in [0.29, 0.717) is 23.7 Å². The lowest BCUT2D eigenvalue weighted by Gasteiger charge is -2.07. The van der Waals surface area contributed by atoms with Crippen molar-refractivity contribution in [3.8, 4) is 17.1 Å². The first-order chi connectivity index (χ1) is 14.9. The Balaban J connectivity index is 1.52. The molecule has 2 aromatic carbocycles. The molecule has 0 saturated carbocycles. The highest BCUT2D eigenvalue weighted by atomic mass is 16.5. The lowest BCUT2D eigenvalue weighted by molar-refractivity contribution is 0.101. The fourth-order valence-corrected chi connectivity index (χ4v) is 3.37. The van der Waals surface area contributed by atoms with Gasteiger partial charge in [-0.15, -0.1) is 0 Å². The molecule has 0 radical (unpaired) electrons. The Morgan fingerprint density at radius 3 is 2.61 bits per heavy atom. The van der Waals surface area contributed by atoms with Crippen LogP contribution >= 0.6 is 0 Å². The molecule has 31 heavy (non-hydrogen) atoms. The van der Waals surface area contributed by atoms with Gasteiger partial charge in [0.05, 0.1) is 30.7 Å². The molecule has 4 aromatic rings. The summed E-state index contributed by atoms with van der Waals surface area (Å²) in [5.74, 6) is 0.846. The second-order valence-electron chi connectivity index (χ2n) is 7.45. The van der Waals surface area contributed by atoms with E-state index in [1.54, 1.807) is 13.2 Å². The molecule has 0 saturated heterocycles. The Hall–Kier alpha value is -3.87. The Kier molecular flexibility index (Phi) is 5.58. The Bertz CT molecular complexity index is 1220. The first-order valence-electron chi connectivity index (χ1n) is 9.96. The quantitative estimate of drug-likeness (QED) is 0.489. The summed E-state index contributed by atoms with van der Waals surface area (Å²) in [4.78, 5) is 12.8. The van der Waals surface area contributed by atoms with Crippen LogP contribution in [0.4, 0.5) is 5.69 Å². The number of anilines is 1. The number of benzene rings is 2. The number of methoxy groups -OCH3 is 1. The predicted octanol–water partition coefficient (Wildman–Crippen LogP) is 4.77. The van der Waals surface area contributed by atoms with Gasteiger partial charge in [0.2, 0.25) is 0 Å². The number of carbonyl (C=O) groups is 1. The van der Waals surface area contributed by atoms with E-state index in [0.717, 1.165) is 22.5 Å². The fraction of sp³-hybridized carbons (Fsp3) is 0.208. The summed E-state index contributed by atoms with van der Waals surface area (Å²) < 4.78 is 12.5. The van der Waals surface area contributed by atoms with Gasteiger partial charge in [-0.1, -0.05) is 47.1 Å². The Morgan fingerprint density at radius 1 is 1.10 bits per heavy atom. The largest absolute Gasteiger partial charge is 0.497 e. The molecule has 1 amide bonds. The van der Waals surface area contributed by atoms with Crippen LogP contribution < -0.4 is 10.1 Å².